The lowest BCUT2D eigenvalue weighted by Gasteiger charge is -1.88. The van der Waals surface area contributed by atoms with Gasteiger partial charge in [0, 0.05) is 6.21 Å². The summed E-state index contributed by atoms with van der Waals surface area (Å²) in [5.74, 6) is 1.21. The molecule has 0 aliphatic carbocycles. The fourth-order valence-corrected chi connectivity index (χ4v) is 0.518. The molecule has 0 aliphatic heterocycles. The number of hydrogen-bond acceptors (Lipinski definition) is 4. The van der Waals surface area contributed by atoms with Crippen molar-refractivity contribution >= 4 is 12.0 Å². The highest BCUT2D eigenvalue weighted by atomic mass is 15.2. The second kappa shape index (κ2) is 3.00. The van der Waals surface area contributed by atoms with Gasteiger partial charge < -0.3 is 0 Å². The van der Waals surface area contributed by atoms with Gasteiger partial charge in [-0.3, -0.25) is 0 Å². The van der Waals surface area contributed by atoms with E-state index in [1.54, 1.807) is 19.3 Å². The molecule has 0 saturated heterocycles. The van der Waals surface area contributed by atoms with Gasteiger partial charge in [-0.05, 0) is 13.8 Å². The largest absolute Gasteiger partial charge is 0.239 e. The molecule has 0 aliphatic rings. The molecule has 1 aromatic rings. The minimum absolute atomic E-state index is 0.549. The highest BCUT2D eigenvalue weighted by molar-refractivity contribution is 5.57. The third kappa shape index (κ3) is 1.58. The maximum atomic E-state index is 3.91. The Kier molecular flexibility index (Phi) is 2.04. The van der Waals surface area contributed by atoms with Gasteiger partial charge in [0.25, 0.3) is 0 Å². The minimum Gasteiger partial charge on any atom is -0.239 e. The molecule has 52 valence electrons. The van der Waals surface area contributed by atoms with E-state index in [9.17, 15) is 0 Å². The van der Waals surface area contributed by atoms with Gasteiger partial charge in [-0.1, -0.05) is 0 Å². The van der Waals surface area contributed by atoms with Crippen molar-refractivity contribution in [2.45, 2.75) is 13.8 Å². The molecule has 4 nitrogen and oxygen atoms in total. The first-order valence-corrected chi connectivity index (χ1v) is 2.98. The van der Waals surface area contributed by atoms with Crippen LogP contribution in [0.3, 0.4) is 0 Å². The summed E-state index contributed by atoms with van der Waals surface area (Å²) in [6.45, 7) is 3.61. The van der Waals surface area contributed by atoms with E-state index in [-0.39, 0.29) is 0 Å². The van der Waals surface area contributed by atoms with Crippen LogP contribution in [0.25, 0.3) is 0 Å². The smallest absolute Gasteiger partial charge is 0.192 e. The first-order valence-electron chi connectivity index (χ1n) is 2.98. The first kappa shape index (κ1) is 6.80. The summed E-state index contributed by atoms with van der Waals surface area (Å²) < 4.78 is 0. The van der Waals surface area contributed by atoms with Crippen LogP contribution in [-0.2, 0) is 0 Å². The fraction of sp³-hybridized carbons (Fsp3) is 0.333. The zero-order valence-electron chi connectivity index (χ0n) is 5.94. The predicted molar refractivity (Wildman–Crippen MR) is 38.4 cm³/mol. The molecule has 0 amide bonds. The molecule has 0 atom stereocenters. The zero-order valence-corrected chi connectivity index (χ0v) is 5.94. The van der Waals surface area contributed by atoms with Crippen LogP contribution in [0.15, 0.2) is 11.2 Å². The summed E-state index contributed by atoms with van der Waals surface area (Å²) in [4.78, 5) is 7.80. The molecular formula is C6H8N4. The number of rotatable bonds is 1. The number of aromatic nitrogens is 3. The van der Waals surface area contributed by atoms with Crippen molar-refractivity contribution in [3.05, 3.63) is 12.0 Å². The monoisotopic (exact) mass is 136 g/mol. The maximum absolute atomic E-state index is 3.91. The van der Waals surface area contributed by atoms with Crippen molar-refractivity contribution in [2.75, 3.05) is 0 Å². The Labute approximate surface area is 59.0 Å². The lowest BCUT2D eigenvalue weighted by atomic mass is 10.6. The van der Waals surface area contributed by atoms with Gasteiger partial charge in [0.2, 0.25) is 0 Å². The van der Waals surface area contributed by atoms with Crippen LogP contribution in [0.5, 0.6) is 0 Å². The van der Waals surface area contributed by atoms with Gasteiger partial charge in [-0.25, -0.2) is 9.98 Å². The van der Waals surface area contributed by atoms with E-state index in [1.807, 2.05) is 6.92 Å². The SMILES string of the molecule is CC=Nc1cnc(C)nn1. The van der Waals surface area contributed by atoms with Gasteiger partial charge in [-0.15, -0.1) is 10.2 Å². The van der Waals surface area contributed by atoms with E-state index in [1.165, 1.54) is 0 Å². The normalized spacial score (nSPS) is 10.6. The summed E-state index contributed by atoms with van der Waals surface area (Å²) in [6.07, 6.45) is 3.24. The molecule has 4 heteroatoms. The Morgan fingerprint density at radius 2 is 2.30 bits per heavy atom. The Morgan fingerprint density at radius 1 is 1.50 bits per heavy atom. The molecule has 10 heavy (non-hydrogen) atoms. The summed E-state index contributed by atoms with van der Waals surface area (Å²) in [7, 11) is 0. The third-order valence-electron chi connectivity index (χ3n) is 0.925. The van der Waals surface area contributed by atoms with Crippen LogP contribution in [0.4, 0.5) is 5.82 Å². The molecule has 0 N–H and O–H groups in total. The Hall–Kier alpha value is -1.32. The van der Waals surface area contributed by atoms with Crippen LogP contribution in [-0.4, -0.2) is 21.4 Å². The Balaban J connectivity index is 2.89. The molecule has 0 spiro atoms. The van der Waals surface area contributed by atoms with E-state index in [0.717, 1.165) is 0 Å². The van der Waals surface area contributed by atoms with E-state index < -0.39 is 0 Å². The van der Waals surface area contributed by atoms with E-state index in [2.05, 4.69) is 20.2 Å². The van der Waals surface area contributed by atoms with Crippen LogP contribution in [0, 0.1) is 6.92 Å². The lowest BCUT2D eigenvalue weighted by Crippen LogP contribution is -1.88. The molecule has 0 unspecified atom stereocenters. The van der Waals surface area contributed by atoms with Crippen LogP contribution in [0.2, 0.25) is 0 Å². The average molecular weight is 136 g/mol. The van der Waals surface area contributed by atoms with E-state index in [0.29, 0.717) is 11.6 Å². The number of aliphatic imine (C=N–C) groups is 1. The van der Waals surface area contributed by atoms with Gasteiger partial charge >= 0.3 is 0 Å². The quantitative estimate of drug-likeness (QED) is 0.539. The highest BCUT2D eigenvalue weighted by Crippen LogP contribution is 2.00. The standard InChI is InChI=1S/C6H8N4/c1-3-7-6-4-8-5(2)9-10-6/h3-4H,1-2H3. The van der Waals surface area contributed by atoms with E-state index in [4.69, 9.17) is 0 Å². The van der Waals surface area contributed by atoms with Gasteiger partial charge in [0.15, 0.2) is 5.82 Å². The highest BCUT2D eigenvalue weighted by Gasteiger charge is 1.88. The van der Waals surface area contributed by atoms with Crippen molar-refractivity contribution in [3.63, 3.8) is 0 Å². The van der Waals surface area contributed by atoms with Crippen molar-refractivity contribution < 1.29 is 0 Å². The van der Waals surface area contributed by atoms with Crippen LogP contribution >= 0.6 is 0 Å². The molecule has 1 heterocycles. The molecule has 0 radical (unpaired) electrons. The summed E-state index contributed by atoms with van der Waals surface area (Å²) in [5, 5.41) is 7.48. The van der Waals surface area contributed by atoms with Gasteiger partial charge in [-0.2, -0.15) is 0 Å². The predicted octanol–water partition coefficient (Wildman–Crippen LogP) is 0.902. The number of aryl methyl sites for hydroxylation is 1. The zero-order chi connectivity index (χ0) is 7.40. The Morgan fingerprint density at radius 3 is 2.80 bits per heavy atom. The second-order valence-corrected chi connectivity index (χ2v) is 1.75. The first-order chi connectivity index (χ1) is 4.83. The number of hydrogen-bond donors (Lipinski definition) is 0. The van der Waals surface area contributed by atoms with Gasteiger partial charge in [0.05, 0.1) is 6.20 Å². The third-order valence-corrected chi connectivity index (χ3v) is 0.925. The van der Waals surface area contributed by atoms with Crippen molar-refractivity contribution in [3.8, 4) is 0 Å². The van der Waals surface area contributed by atoms with Crippen molar-refractivity contribution in [2.24, 2.45) is 4.99 Å². The molecule has 0 fully saturated rings. The topological polar surface area (TPSA) is 51.0 Å². The summed E-state index contributed by atoms with van der Waals surface area (Å²) in [5.41, 5.74) is 0. The molecular weight excluding hydrogens is 128 g/mol. The number of nitrogens with zero attached hydrogens (tertiary/aromatic N) is 4. The minimum atomic E-state index is 0.549. The molecule has 0 bridgehead atoms. The van der Waals surface area contributed by atoms with Crippen molar-refractivity contribution in [1.29, 1.82) is 0 Å². The molecule has 1 rings (SSSR count). The lowest BCUT2D eigenvalue weighted by molar-refractivity contribution is 0.906. The van der Waals surface area contributed by atoms with Crippen LogP contribution < -0.4 is 0 Å². The van der Waals surface area contributed by atoms with Gasteiger partial charge in [0.1, 0.15) is 5.82 Å². The fourth-order valence-electron chi connectivity index (χ4n) is 0.518. The maximum Gasteiger partial charge on any atom is 0.192 e. The van der Waals surface area contributed by atoms with Crippen molar-refractivity contribution in [1.82, 2.24) is 15.2 Å². The Bertz CT molecular complexity index is 226. The second-order valence-electron chi connectivity index (χ2n) is 1.75. The van der Waals surface area contributed by atoms with Crippen LogP contribution in [0.1, 0.15) is 12.7 Å². The average Bonchev–Trinajstić information content (AvgIpc) is 1.95. The molecule has 1 aromatic heterocycles. The van der Waals surface area contributed by atoms with E-state index >= 15 is 0 Å². The molecule has 0 saturated carbocycles. The molecule has 0 aromatic carbocycles. The summed E-state index contributed by atoms with van der Waals surface area (Å²) in [6, 6.07) is 0. The summed E-state index contributed by atoms with van der Waals surface area (Å²) >= 11 is 0.